The van der Waals surface area contributed by atoms with E-state index in [1.807, 2.05) is 4.90 Å². The molecule has 0 aliphatic carbocycles. The van der Waals surface area contributed by atoms with Crippen molar-refractivity contribution in [3.8, 4) is 0 Å². The lowest BCUT2D eigenvalue weighted by atomic mass is 10.1. The highest BCUT2D eigenvalue weighted by atomic mass is 16.5. The van der Waals surface area contributed by atoms with Crippen molar-refractivity contribution >= 4 is 5.91 Å². The van der Waals surface area contributed by atoms with E-state index < -0.39 is 6.04 Å². The van der Waals surface area contributed by atoms with Gasteiger partial charge >= 0.3 is 0 Å². The van der Waals surface area contributed by atoms with Gasteiger partial charge in [-0.1, -0.05) is 29.8 Å². The van der Waals surface area contributed by atoms with E-state index >= 15 is 0 Å². The van der Waals surface area contributed by atoms with Gasteiger partial charge < -0.3 is 15.4 Å². The number of rotatable bonds is 5. The Hall–Kier alpha value is -1.43. The molecule has 1 aliphatic heterocycles. The zero-order valence-electron chi connectivity index (χ0n) is 12.9. The van der Waals surface area contributed by atoms with Gasteiger partial charge in [-0.15, -0.1) is 0 Å². The van der Waals surface area contributed by atoms with Crippen LogP contribution in [-0.4, -0.2) is 61.6 Å². The van der Waals surface area contributed by atoms with E-state index in [0.29, 0.717) is 0 Å². The second-order valence-electron chi connectivity index (χ2n) is 5.65. The van der Waals surface area contributed by atoms with Crippen molar-refractivity contribution in [1.82, 2.24) is 9.80 Å². The number of methoxy groups -OCH3 is 1. The van der Waals surface area contributed by atoms with Crippen molar-refractivity contribution in [1.29, 1.82) is 0 Å². The molecule has 0 bridgehead atoms. The highest BCUT2D eigenvalue weighted by molar-refractivity contribution is 5.81. The number of ether oxygens (including phenoxy) is 1. The van der Waals surface area contributed by atoms with Crippen LogP contribution in [0.5, 0.6) is 0 Å². The van der Waals surface area contributed by atoms with Crippen LogP contribution in [0.3, 0.4) is 0 Å². The van der Waals surface area contributed by atoms with Crippen LogP contribution in [0.15, 0.2) is 24.3 Å². The summed E-state index contributed by atoms with van der Waals surface area (Å²) >= 11 is 0. The first-order valence-electron chi connectivity index (χ1n) is 7.41. The Morgan fingerprint density at radius 3 is 2.67 bits per heavy atom. The fraction of sp³-hybridized carbons (Fsp3) is 0.562. The third-order valence-corrected chi connectivity index (χ3v) is 3.84. The molecule has 21 heavy (non-hydrogen) atoms. The number of amides is 1. The summed E-state index contributed by atoms with van der Waals surface area (Å²) in [6.07, 6.45) is 0. The highest BCUT2D eigenvalue weighted by Crippen LogP contribution is 2.11. The second kappa shape index (κ2) is 7.54. The maximum atomic E-state index is 12.1. The number of nitrogens with two attached hydrogens (primary N) is 1. The first kappa shape index (κ1) is 15.9. The fourth-order valence-corrected chi connectivity index (χ4v) is 2.68. The molecule has 0 saturated carbocycles. The Bertz CT molecular complexity index is 470. The van der Waals surface area contributed by atoms with Gasteiger partial charge in [-0.3, -0.25) is 9.69 Å². The topological polar surface area (TPSA) is 58.8 Å². The minimum Gasteiger partial charge on any atom is -0.383 e. The standard InChI is InChI=1S/C16H25N3O2/c1-13-4-3-5-14(10-13)11-18-6-8-19(9-7-18)16(20)15(17)12-21-2/h3-5,10,15H,6-9,11-12,17H2,1-2H3. The molecule has 1 unspecified atom stereocenters. The van der Waals surface area contributed by atoms with E-state index in [1.165, 1.54) is 11.1 Å². The van der Waals surface area contributed by atoms with Gasteiger partial charge in [0.05, 0.1) is 6.61 Å². The van der Waals surface area contributed by atoms with Crippen LogP contribution < -0.4 is 5.73 Å². The number of hydrogen-bond acceptors (Lipinski definition) is 4. The second-order valence-corrected chi connectivity index (χ2v) is 5.65. The summed E-state index contributed by atoms with van der Waals surface area (Å²) in [4.78, 5) is 16.3. The van der Waals surface area contributed by atoms with Gasteiger partial charge in [-0.05, 0) is 12.5 Å². The molecule has 116 valence electrons. The van der Waals surface area contributed by atoms with Crippen molar-refractivity contribution in [2.24, 2.45) is 5.73 Å². The van der Waals surface area contributed by atoms with Crippen LogP contribution in [0.1, 0.15) is 11.1 Å². The van der Waals surface area contributed by atoms with Crippen LogP contribution in [0.4, 0.5) is 0 Å². The Morgan fingerprint density at radius 2 is 2.05 bits per heavy atom. The lowest BCUT2D eigenvalue weighted by Gasteiger charge is -2.35. The lowest BCUT2D eigenvalue weighted by molar-refractivity contribution is -0.135. The molecule has 0 aromatic heterocycles. The third kappa shape index (κ3) is 4.52. The molecule has 1 aromatic carbocycles. The normalized spacial score (nSPS) is 17.8. The van der Waals surface area contributed by atoms with Gasteiger partial charge in [0.15, 0.2) is 0 Å². The van der Waals surface area contributed by atoms with Gasteiger partial charge in [0.25, 0.3) is 0 Å². The molecule has 0 radical (unpaired) electrons. The summed E-state index contributed by atoms with van der Waals surface area (Å²) in [5.74, 6) is -0.00736. The largest absolute Gasteiger partial charge is 0.383 e. The maximum Gasteiger partial charge on any atom is 0.241 e. The van der Waals surface area contributed by atoms with Crippen LogP contribution in [0.25, 0.3) is 0 Å². The number of benzene rings is 1. The quantitative estimate of drug-likeness (QED) is 0.864. The predicted octanol–water partition coefficient (Wildman–Crippen LogP) is 0.613. The van der Waals surface area contributed by atoms with Gasteiger partial charge in [0.2, 0.25) is 5.91 Å². The van der Waals surface area contributed by atoms with E-state index in [4.69, 9.17) is 10.5 Å². The first-order chi connectivity index (χ1) is 10.1. The SMILES string of the molecule is COCC(N)C(=O)N1CCN(Cc2cccc(C)c2)CC1. The maximum absolute atomic E-state index is 12.1. The van der Waals surface area contributed by atoms with Crippen molar-refractivity contribution in [3.05, 3.63) is 35.4 Å². The number of nitrogens with zero attached hydrogens (tertiary/aromatic N) is 2. The van der Waals surface area contributed by atoms with E-state index in [2.05, 4.69) is 36.1 Å². The summed E-state index contributed by atoms with van der Waals surface area (Å²) < 4.78 is 4.94. The van der Waals surface area contributed by atoms with Crippen molar-refractivity contribution < 1.29 is 9.53 Å². The number of aryl methyl sites for hydroxylation is 1. The minimum atomic E-state index is -0.543. The number of carbonyl (C=O) groups is 1. The summed E-state index contributed by atoms with van der Waals surface area (Å²) in [7, 11) is 1.56. The molecule has 1 amide bonds. The predicted molar refractivity (Wildman–Crippen MR) is 82.9 cm³/mol. The molecule has 2 N–H and O–H groups in total. The first-order valence-corrected chi connectivity index (χ1v) is 7.41. The molecular weight excluding hydrogens is 266 g/mol. The number of piperazine rings is 1. The Labute approximate surface area is 126 Å². The van der Waals surface area contributed by atoms with Gasteiger partial charge in [-0.25, -0.2) is 0 Å². The molecule has 5 nitrogen and oxygen atoms in total. The van der Waals surface area contributed by atoms with Crippen molar-refractivity contribution in [2.45, 2.75) is 19.5 Å². The monoisotopic (exact) mass is 291 g/mol. The Kier molecular flexibility index (Phi) is 5.73. The number of carbonyl (C=O) groups excluding carboxylic acids is 1. The summed E-state index contributed by atoms with van der Waals surface area (Å²) in [6.45, 7) is 6.58. The summed E-state index contributed by atoms with van der Waals surface area (Å²) in [5.41, 5.74) is 8.41. The molecule has 1 aliphatic rings. The van der Waals surface area contributed by atoms with E-state index in [1.54, 1.807) is 7.11 Å². The van der Waals surface area contributed by atoms with Crippen LogP contribution in [0.2, 0.25) is 0 Å². The molecule has 1 aromatic rings. The smallest absolute Gasteiger partial charge is 0.241 e. The summed E-state index contributed by atoms with van der Waals surface area (Å²) in [6, 6.07) is 8.02. The van der Waals surface area contributed by atoms with Gasteiger partial charge in [0.1, 0.15) is 6.04 Å². The molecular formula is C16H25N3O2. The summed E-state index contributed by atoms with van der Waals surface area (Å²) in [5, 5.41) is 0. The Morgan fingerprint density at radius 1 is 1.33 bits per heavy atom. The zero-order chi connectivity index (χ0) is 15.2. The molecule has 2 rings (SSSR count). The third-order valence-electron chi connectivity index (χ3n) is 3.84. The van der Waals surface area contributed by atoms with Crippen LogP contribution in [0, 0.1) is 6.92 Å². The highest BCUT2D eigenvalue weighted by Gasteiger charge is 2.25. The fourth-order valence-electron chi connectivity index (χ4n) is 2.68. The van der Waals surface area contributed by atoms with Crippen molar-refractivity contribution in [2.75, 3.05) is 39.9 Å². The molecule has 5 heteroatoms. The average Bonchev–Trinajstić information content (AvgIpc) is 2.47. The van der Waals surface area contributed by atoms with Crippen LogP contribution in [-0.2, 0) is 16.1 Å². The molecule has 1 atom stereocenters. The molecule has 1 saturated heterocycles. The average molecular weight is 291 g/mol. The van der Waals surface area contributed by atoms with E-state index in [0.717, 1.165) is 32.7 Å². The van der Waals surface area contributed by atoms with E-state index in [-0.39, 0.29) is 12.5 Å². The Balaban J connectivity index is 1.82. The minimum absolute atomic E-state index is 0.00736. The molecule has 0 spiro atoms. The zero-order valence-corrected chi connectivity index (χ0v) is 12.9. The van der Waals surface area contributed by atoms with E-state index in [9.17, 15) is 4.79 Å². The van der Waals surface area contributed by atoms with Crippen LogP contribution >= 0.6 is 0 Å². The van der Waals surface area contributed by atoms with Crippen molar-refractivity contribution in [3.63, 3.8) is 0 Å². The van der Waals surface area contributed by atoms with Gasteiger partial charge in [-0.2, -0.15) is 0 Å². The lowest BCUT2D eigenvalue weighted by Crippen LogP contribution is -2.53. The molecule has 1 fully saturated rings. The number of hydrogen-bond donors (Lipinski definition) is 1. The molecule has 1 heterocycles. The van der Waals surface area contributed by atoms with Gasteiger partial charge in [0, 0.05) is 39.8 Å².